The minimum atomic E-state index is -1.18. The molecule has 0 spiro atoms. The number of unbranched alkanes of at least 4 members (excludes halogenated alkanes) is 2. The number of hydrogen-bond acceptors (Lipinski definition) is 20. The first-order valence-electron chi connectivity index (χ1n) is 39.1. The van der Waals surface area contributed by atoms with Crippen molar-refractivity contribution in [2.45, 2.75) is 231 Å². The molecule has 2 aromatic carbocycles. The maximum atomic E-state index is 15.2. The van der Waals surface area contributed by atoms with Gasteiger partial charge in [-0.1, -0.05) is 93.4 Å². The van der Waals surface area contributed by atoms with Crippen molar-refractivity contribution in [3.8, 4) is 0 Å². The third-order valence-corrected chi connectivity index (χ3v) is 23.3. The van der Waals surface area contributed by atoms with E-state index in [1.165, 1.54) is 48.9 Å². The Bertz CT molecular complexity index is 3640. The number of nitrogens with two attached hydrogens (primary N) is 1. The zero-order chi connectivity index (χ0) is 83.9. The quantitative estimate of drug-likeness (QED) is 0.0307. The van der Waals surface area contributed by atoms with Crippen LogP contribution in [0.15, 0.2) is 42.5 Å². The summed E-state index contributed by atoms with van der Waals surface area (Å²) in [5, 5.41) is 16.4. The van der Waals surface area contributed by atoms with Crippen LogP contribution < -0.4 is 37.6 Å². The predicted octanol–water partition coefficient (Wildman–Crippen LogP) is 5.73. The second kappa shape index (κ2) is 43.6. The number of thioether (sulfide) groups is 1. The Balaban J connectivity index is 1.06. The van der Waals surface area contributed by atoms with Crippen molar-refractivity contribution in [1.29, 1.82) is 0 Å². The number of ether oxygens (including phenoxy) is 3. The fourth-order valence-electron chi connectivity index (χ4n) is 14.7. The van der Waals surface area contributed by atoms with Gasteiger partial charge in [0.15, 0.2) is 0 Å². The molecule has 1 aliphatic carbocycles. The van der Waals surface area contributed by atoms with Crippen molar-refractivity contribution in [3.63, 3.8) is 0 Å². The minimum absolute atomic E-state index is 0.00261. The van der Waals surface area contributed by atoms with Gasteiger partial charge in [-0.05, 0) is 124 Å². The normalized spacial score (nSPS) is 19.1. The Hall–Kier alpha value is -8.89. The van der Waals surface area contributed by atoms with Gasteiger partial charge in [0.25, 0.3) is 11.8 Å². The Morgan fingerprint density at radius 3 is 1.95 bits per heavy atom. The summed E-state index contributed by atoms with van der Waals surface area (Å²) in [5.74, 6) is -9.07. The van der Waals surface area contributed by atoms with Crippen LogP contribution in [0.3, 0.4) is 0 Å². The molecule has 1 saturated carbocycles. The summed E-state index contributed by atoms with van der Waals surface area (Å²) in [4.78, 5) is 200. The minimum Gasteiger partial charge on any atom is -0.445 e. The number of rotatable bonds is 45. The van der Waals surface area contributed by atoms with Crippen molar-refractivity contribution < 1.29 is 95.0 Å². The summed E-state index contributed by atoms with van der Waals surface area (Å²) in [6, 6.07) is 3.05. The molecule has 2 aromatic rings. The monoisotopic (exact) mass is 1610 g/mol. The molecule has 12 atom stereocenters. The number of hydrogen-bond donors (Lipinski definition) is 7. The van der Waals surface area contributed by atoms with E-state index in [1.54, 1.807) is 80.9 Å². The summed E-state index contributed by atoms with van der Waals surface area (Å²) in [5.41, 5.74) is 5.43. The molecule has 1 unspecified atom stereocenters. The van der Waals surface area contributed by atoms with E-state index >= 15 is 4.79 Å². The summed E-state index contributed by atoms with van der Waals surface area (Å²) >= 11 is 1.29. The van der Waals surface area contributed by atoms with Crippen molar-refractivity contribution in [2.24, 2.45) is 40.7 Å². The molecule has 14 amide bonds. The Morgan fingerprint density at radius 2 is 1.37 bits per heavy atom. The van der Waals surface area contributed by atoms with Crippen LogP contribution in [0.4, 0.5) is 24.1 Å². The average molecular weight is 1610 g/mol. The highest BCUT2D eigenvalue weighted by molar-refractivity contribution is 8.00. The molecule has 4 aliphatic rings. The van der Waals surface area contributed by atoms with Crippen LogP contribution >= 0.6 is 11.8 Å². The van der Waals surface area contributed by atoms with E-state index in [0.29, 0.717) is 60.6 Å². The van der Waals surface area contributed by atoms with Gasteiger partial charge >= 0.3 is 18.1 Å². The topological polar surface area (TPSA) is 394 Å². The van der Waals surface area contributed by atoms with Gasteiger partial charge in [-0.25, -0.2) is 23.2 Å². The smallest absolute Gasteiger partial charge is 0.410 e. The molecule has 0 radical (unpaired) electrons. The molecule has 113 heavy (non-hydrogen) atoms. The molecule has 34 heteroatoms. The summed E-state index contributed by atoms with van der Waals surface area (Å²) in [6.45, 7) is 16.2. The van der Waals surface area contributed by atoms with Crippen LogP contribution in [0.5, 0.6) is 0 Å². The lowest BCUT2D eigenvalue weighted by Crippen LogP contribution is -2.59. The van der Waals surface area contributed by atoms with Gasteiger partial charge in [0.05, 0.1) is 60.4 Å². The van der Waals surface area contributed by atoms with Gasteiger partial charge in [0.2, 0.25) is 53.2 Å². The van der Waals surface area contributed by atoms with Gasteiger partial charge in [-0.15, -0.1) is 16.8 Å². The van der Waals surface area contributed by atoms with Crippen LogP contribution in [0.25, 0.3) is 0 Å². The first-order valence-corrected chi connectivity index (χ1v) is 40.2. The largest absolute Gasteiger partial charge is 0.445 e. The maximum absolute atomic E-state index is 15.2. The van der Waals surface area contributed by atoms with Crippen molar-refractivity contribution in [1.82, 2.24) is 56.1 Å². The summed E-state index contributed by atoms with van der Waals surface area (Å²) in [7, 11) is 9.58. The van der Waals surface area contributed by atoms with Crippen LogP contribution in [0, 0.1) is 46.6 Å². The Morgan fingerprint density at radius 1 is 0.726 bits per heavy atom. The molecule has 628 valence electrons. The molecule has 0 aromatic heterocycles. The number of urea groups is 1. The third kappa shape index (κ3) is 26.3. The number of likely N-dealkylation sites (N-methyl/N-ethyl adjacent to an activating group) is 3. The number of hydroxylamine groups is 2. The summed E-state index contributed by atoms with van der Waals surface area (Å²) < 4.78 is 47.3. The molecule has 4 fully saturated rings. The van der Waals surface area contributed by atoms with E-state index < -0.39 is 148 Å². The van der Waals surface area contributed by atoms with E-state index in [4.69, 9.17) is 24.8 Å². The zero-order valence-electron chi connectivity index (χ0n) is 68.0. The number of nitrogens with zero attached hydrogens (tertiary/aromatic N) is 6. The maximum Gasteiger partial charge on any atom is 0.410 e. The number of imide groups is 2. The first kappa shape index (κ1) is 93.0. The molecular weight excluding hydrogens is 1490 g/mol. The number of likely N-dealkylation sites (tertiary alicyclic amines) is 2. The second-order valence-corrected chi connectivity index (χ2v) is 32.7. The number of methoxy groups -OCH3 is 2. The highest BCUT2D eigenvalue weighted by Gasteiger charge is 2.50. The molecule has 3 heterocycles. The molecule has 8 N–H and O–H groups in total. The van der Waals surface area contributed by atoms with Crippen LogP contribution in [-0.4, -0.2) is 247 Å². The van der Waals surface area contributed by atoms with Gasteiger partial charge in [0, 0.05) is 97.2 Å². The Labute approximate surface area is 665 Å². The van der Waals surface area contributed by atoms with E-state index in [2.05, 4.69) is 31.9 Å². The predicted molar refractivity (Wildman–Crippen MR) is 416 cm³/mol. The fourth-order valence-corrected chi connectivity index (χ4v) is 16.2. The van der Waals surface area contributed by atoms with Crippen LogP contribution in [0.1, 0.15) is 170 Å². The Kier molecular flexibility index (Phi) is 35.8. The zero-order valence-corrected chi connectivity index (χ0v) is 68.8. The van der Waals surface area contributed by atoms with Crippen molar-refractivity contribution >= 4 is 101 Å². The molecule has 6 rings (SSSR count). The number of carbonyl (C=O) groups excluding carboxylic acids is 14. The third-order valence-electron chi connectivity index (χ3n) is 21.7. The van der Waals surface area contributed by atoms with Crippen molar-refractivity contribution in [3.05, 3.63) is 65.2 Å². The van der Waals surface area contributed by atoms with Crippen molar-refractivity contribution in [2.75, 3.05) is 79.7 Å². The highest BCUT2D eigenvalue weighted by Crippen LogP contribution is 2.52. The highest BCUT2D eigenvalue weighted by atomic mass is 32.2. The number of anilines is 1. The van der Waals surface area contributed by atoms with E-state index in [0.717, 1.165) is 12.1 Å². The SMILES string of the molecule is CC[C@H](C)[C@@H]([C@@H](CC(=O)N1C[C@@H](N(C)C(=O)OCc2ccc(NC(=O)[C@H](CCCNC(N)=O)NC(=O)[C@@H](NC(=O)CCCCCN3C(=O)CC(SCC4(CC(=O)ON5C(=O)CCC5=O)CC4)C3=O)C(C)C)cc2)C[C@H]1[C@H](OC)[C@@H](C)C(=O)NCCc1c(F)cccc1F)OC)N(C)C(=O)[C@@H](NC(=O)[C@H](C(C)C)N(C)C)C(C)C. The number of primary amides is 1. The molecule has 3 aliphatic heterocycles. The number of carbonyl (C=O) groups is 14. The van der Waals surface area contributed by atoms with Crippen LogP contribution in [0.2, 0.25) is 0 Å². The van der Waals surface area contributed by atoms with Crippen LogP contribution in [-0.2, 0) is 89.6 Å². The van der Waals surface area contributed by atoms with Gasteiger partial charge in [-0.2, -0.15) is 0 Å². The number of halogens is 2. The standard InChI is InChI=1S/C79H119F2N13O18S/c1-16-48(8)69(91(13)76(106)67(46(4)5)88-74(104)68(47(6)7)89(10)11)58(109-14)39-63(98)93-42-52(38-57(93)70(110-15)49(9)71(101)83-36-32-53-54(80)22-20-23-55(53)81)90(12)78(108)111-43-50-26-28-51(29-27-50)85-72(102)56(24-21-35-84-77(82)107)86-73(103)66(45(2)3)87-60(95)25-18-17-19-37-92-64(99)40-59(75(92)105)113-44-79(33-34-79)41-65(100)112-94-61(96)30-31-62(94)97/h20,22-23,26-29,45-49,52,56-59,66-70H,16-19,21,24-25,30-44H2,1-15H3,(H,83,101)(H,85,102)(H,86,103)(H,87,95)(H,88,104)(H3,82,84,107)/t48-,49+,52-,56-,57-,58+,59?,66-,67-,68-,69-,70+/m0/s1. The van der Waals surface area contributed by atoms with E-state index in [1.807, 2.05) is 41.5 Å². The lowest BCUT2D eigenvalue weighted by atomic mass is 9.89. The van der Waals surface area contributed by atoms with Gasteiger partial charge < -0.3 is 71.4 Å². The first-order chi connectivity index (χ1) is 53.4. The van der Waals surface area contributed by atoms with E-state index in [9.17, 15) is 71.1 Å². The second-order valence-electron chi connectivity index (χ2n) is 31.5. The molecule has 0 bridgehead atoms. The fraction of sp³-hybridized carbons (Fsp3) is 0.671. The summed E-state index contributed by atoms with van der Waals surface area (Å²) in [6.07, 6.45) is 0.335. The van der Waals surface area contributed by atoms with Gasteiger partial charge in [-0.3, -0.25) is 62.5 Å². The van der Waals surface area contributed by atoms with Gasteiger partial charge in [0.1, 0.15) is 36.4 Å². The lowest BCUT2D eigenvalue weighted by molar-refractivity contribution is -0.198. The lowest BCUT2D eigenvalue weighted by Gasteiger charge is -2.41. The number of benzene rings is 2. The number of amides is 14. The number of nitrogens with one attached hydrogen (secondary N) is 6. The molecular formula is C79H119F2N13O18S. The van der Waals surface area contributed by atoms with E-state index in [-0.39, 0.29) is 144 Å². The average Bonchev–Trinajstić information content (AvgIpc) is 1.72. The molecule has 31 nitrogen and oxygen atoms in total. The molecule has 3 saturated heterocycles.